The Morgan fingerprint density at radius 2 is 1.78 bits per heavy atom. The topological polar surface area (TPSA) is 17.1 Å². The fourth-order valence-corrected chi connectivity index (χ4v) is 1.78. The van der Waals surface area contributed by atoms with E-state index in [4.69, 9.17) is 0 Å². The number of alkyl halides is 6. The van der Waals surface area contributed by atoms with Crippen molar-refractivity contribution in [2.45, 2.75) is 24.4 Å². The number of rotatable bonds is 3. The lowest BCUT2D eigenvalue weighted by atomic mass is 9.99. The fourth-order valence-electron chi connectivity index (χ4n) is 1.39. The molecule has 1 nitrogen and oxygen atoms in total. The third-order valence-corrected chi connectivity index (χ3v) is 3.42. The Bertz CT molecular complexity index is 455. The highest BCUT2D eigenvalue weighted by Gasteiger charge is 2.33. The Morgan fingerprint density at radius 3 is 2.17 bits per heavy atom. The average molecular weight is 331 g/mol. The number of halogens is 6. The van der Waals surface area contributed by atoms with Gasteiger partial charge in [0.25, 0.3) is 6.43 Å². The lowest BCUT2D eigenvalue weighted by Gasteiger charge is -2.15. The summed E-state index contributed by atoms with van der Waals surface area (Å²) in [5.74, 6) is -0.545. The average Bonchev–Trinajstić information content (AvgIpc) is 2.25. The number of ketones is 1. The summed E-state index contributed by atoms with van der Waals surface area (Å²) in [5, 5.41) is 0. The minimum Gasteiger partial charge on any atom is -0.298 e. The highest BCUT2D eigenvalue weighted by molar-refractivity contribution is 9.09. The second-order valence-electron chi connectivity index (χ2n) is 3.62. The van der Waals surface area contributed by atoms with Gasteiger partial charge in [0.05, 0.1) is 10.4 Å². The molecule has 1 aromatic carbocycles. The number of hydrogen-bond donors (Lipinski definition) is 0. The summed E-state index contributed by atoms with van der Waals surface area (Å²) < 4.78 is 62.8. The van der Waals surface area contributed by atoms with Crippen molar-refractivity contribution in [1.82, 2.24) is 0 Å². The minimum atomic E-state index is -4.64. The van der Waals surface area contributed by atoms with E-state index in [-0.39, 0.29) is 5.56 Å². The molecule has 100 valence electrons. The van der Waals surface area contributed by atoms with Crippen molar-refractivity contribution < 1.29 is 26.7 Å². The van der Waals surface area contributed by atoms with E-state index in [0.717, 1.165) is 6.92 Å². The maximum atomic E-state index is 12.7. The third-order valence-electron chi connectivity index (χ3n) is 2.28. The van der Waals surface area contributed by atoms with Crippen LogP contribution < -0.4 is 0 Å². The zero-order valence-electron chi connectivity index (χ0n) is 9.06. The van der Waals surface area contributed by atoms with Crippen LogP contribution in [0.4, 0.5) is 22.0 Å². The van der Waals surface area contributed by atoms with Gasteiger partial charge in [-0.1, -0.05) is 22.0 Å². The molecule has 0 aliphatic heterocycles. The van der Waals surface area contributed by atoms with E-state index >= 15 is 0 Å². The van der Waals surface area contributed by atoms with Gasteiger partial charge in [0.15, 0.2) is 0 Å². The van der Waals surface area contributed by atoms with E-state index in [1.165, 1.54) is 0 Å². The molecular weight excluding hydrogens is 323 g/mol. The number of carbonyl (C=O) groups is 1. The second-order valence-corrected chi connectivity index (χ2v) is 4.53. The summed E-state index contributed by atoms with van der Waals surface area (Å²) >= 11 is 2.82. The van der Waals surface area contributed by atoms with Crippen molar-refractivity contribution in [3.63, 3.8) is 0 Å². The molecule has 1 atom stereocenters. The molecule has 18 heavy (non-hydrogen) atoms. The molecule has 0 heterocycles. The SMILES string of the molecule is CC(=O)C(Br)c1cc(C(F)(F)F)ccc1C(F)F. The summed E-state index contributed by atoms with van der Waals surface area (Å²) in [6.45, 7) is 1.11. The van der Waals surface area contributed by atoms with Crippen molar-refractivity contribution in [3.05, 3.63) is 34.9 Å². The Kier molecular flexibility index (Phi) is 4.47. The lowest BCUT2D eigenvalue weighted by Crippen LogP contribution is -2.10. The fraction of sp³-hybridized carbons (Fsp3) is 0.364. The van der Waals surface area contributed by atoms with Gasteiger partial charge in [0.1, 0.15) is 5.78 Å². The monoisotopic (exact) mass is 330 g/mol. The van der Waals surface area contributed by atoms with Crippen LogP contribution in [-0.2, 0) is 11.0 Å². The molecule has 0 aromatic heterocycles. The number of hydrogen-bond acceptors (Lipinski definition) is 1. The molecular formula is C11H8BrF5O. The van der Waals surface area contributed by atoms with E-state index in [2.05, 4.69) is 15.9 Å². The first-order valence-electron chi connectivity index (χ1n) is 4.78. The molecule has 0 saturated heterocycles. The molecule has 0 radical (unpaired) electrons. The molecule has 1 unspecified atom stereocenters. The van der Waals surface area contributed by atoms with Gasteiger partial charge in [-0.05, 0) is 24.6 Å². The van der Waals surface area contributed by atoms with Gasteiger partial charge in [-0.3, -0.25) is 4.79 Å². The number of benzene rings is 1. The molecule has 0 saturated carbocycles. The number of carbonyl (C=O) groups excluding carboxylic acids is 1. The largest absolute Gasteiger partial charge is 0.416 e. The van der Waals surface area contributed by atoms with Gasteiger partial charge >= 0.3 is 6.18 Å². The Hall–Kier alpha value is -0.980. The van der Waals surface area contributed by atoms with Crippen LogP contribution in [0.2, 0.25) is 0 Å². The smallest absolute Gasteiger partial charge is 0.298 e. The highest BCUT2D eigenvalue weighted by Crippen LogP contribution is 2.37. The van der Waals surface area contributed by atoms with Gasteiger partial charge in [0, 0.05) is 5.56 Å². The predicted octanol–water partition coefficient (Wildman–Crippen LogP) is 4.67. The Balaban J connectivity index is 3.38. The first-order chi connectivity index (χ1) is 8.14. The molecule has 0 bridgehead atoms. The lowest BCUT2D eigenvalue weighted by molar-refractivity contribution is -0.137. The van der Waals surface area contributed by atoms with Crippen LogP contribution in [-0.4, -0.2) is 5.78 Å². The molecule has 0 amide bonds. The number of Topliss-reactive ketones (excluding diaryl/α,β-unsaturated/α-hetero) is 1. The third kappa shape index (κ3) is 3.28. The van der Waals surface area contributed by atoms with Crippen molar-refractivity contribution >= 4 is 21.7 Å². The Morgan fingerprint density at radius 1 is 1.22 bits per heavy atom. The summed E-state index contributed by atoms with van der Waals surface area (Å²) in [5.41, 5.74) is -2.00. The summed E-state index contributed by atoms with van der Waals surface area (Å²) in [4.78, 5) is 9.93. The summed E-state index contributed by atoms with van der Waals surface area (Å²) in [6.07, 6.45) is -7.58. The minimum absolute atomic E-state index is 0.354. The van der Waals surface area contributed by atoms with Crippen LogP contribution in [0.3, 0.4) is 0 Å². The van der Waals surface area contributed by atoms with E-state index in [9.17, 15) is 26.7 Å². The predicted molar refractivity (Wildman–Crippen MR) is 58.8 cm³/mol. The molecule has 7 heteroatoms. The maximum absolute atomic E-state index is 12.7. The van der Waals surface area contributed by atoms with E-state index < -0.39 is 34.3 Å². The Labute approximate surface area is 108 Å². The van der Waals surface area contributed by atoms with Crippen LogP contribution in [0.1, 0.15) is 34.9 Å². The molecule has 0 spiro atoms. The van der Waals surface area contributed by atoms with Crippen LogP contribution in [0.5, 0.6) is 0 Å². The van der Waals surface area contributed by atoms with Crippen molar-refractivity contribution in [1.29, 1.82) is 0 Å². The molecule has 0 N–H and O–H groups in total. The zero-order valence-corrected chi connectivity index (χ0v) is 10.6. The maximum Gasteiger partial charge on any atom is 0.416 e. The zero-order chi connectivity index (χ0) is 14.1. The molecule has 1 rings (SSSR count). The van der Waals surface area contributed by atoms with E-state index in [1.807, 2.05) is 0 Å². The van der Waals surface area contributed by atoms with Crippen molar-refractivity contribution in [2.75, 3.05) is 0 Å². The molecule has 0 aliphatic rings. The van der Waals surface area contributed by atoms with Crippen LogP contribution in [0.25, 0.3) is 0 Å². The summed E-state index contributed by atoms with van der Waals surface area (Å²) in [6, 6.07) is 1.84. The first kappa shape index (κ1) is 15.1. The summed E-state index contributed by atoms with van der Waals surface area (Å²) in [7, 11) is 0. The first-order valence-corrected chi connectivity index (χ1v) is 5.70. The van der Waals surface area contributed by atoms with Crippen LogP contribution in [0.15, 0.2) is 18.2 Å². The molecule has 0 aliphatic carbocycles. The van der Waals surface area contributed by atoms with E-state index in [1.54, 1.807) is 0 Å². The van der Waals surface area contributed by atoms with E-state index in [0.29, 0.717) is 18.2 Å². The highest BCUT2D eigenvalue weighted by atomic mass is 79.9. The van der Waals surface area contributed by atoms with Gasteiger partial charge in [-0.25, -0.2) is 8.78 Å². The van der Waals surface area contributed by atoms with Crippen LogP contribution >= 0.6 is 15.9 Å². The standard InChI is InChI=1S/C11H8BrF5O/c1-5(18)9(12)8-4-6(11(15,16)17)2-3-7(8)10(13)14/h2-4,9-10H,1H3. The van der Waals surface area contributed by atoms with Gasteiger partial charge in [-0.15, -0.1) is 0 Å². The normalized spacial score (nSPS) is 13.8. The quantitative estimate of drug-likeness (QED) is 0.581. The molecule has 0 fully saturated rings. The molecule has 1 aromatic rings. The van der Waals surface area contributed by atoms with Crippen molar-refractivity contribution in [3.8, 4) is 0 Å². The van der Waals surface area contributed by atoms with Gasteiger partial charge in [-0.2, -0.15) is 13.2 Å². The van der Waals surface area contributed by atoms with Crippen LogP contribution in [0, 0.1) is 0 Å². The second kappa shape index (κ2) is 5.34. The van der Waals surface area contributed by atoms with Gasteiger partial charge < -0.3 is 0 Å². The van der Waals surface area contributed by atoms with Crippen molar-refractivity contribution in [2.24, 2.45) is 0 Å². The van der Waals surface area contributed by atoms with Gasteiger partial charge in [0.2, 0.25) is 0 Å².